The van der Waals surface area contributed by atoms with E-state index in [9.17, 15) is 0 Å². The summed E-state index contributed by atoms with van der Waals surface area (Å²) in [6.45, 7) is 0. The van der Waals surface area contributed by atoms with Crippen molar-refractivity contribution in [2.24, 2.45) is 0 Å². The maximum absolute atomic E-state index is 6.41. The van der Waals surface area contributed by atoms with E-state index in [1.54, 1.807) is 0 Å². The molecule has 0 N–H and O–H groups in total. The van der Waals surface area contributed by atoms with Crippen molar-refractivity contribution in [3.05, 3.63) is 200 Å². The number of anilines is 3. The van der Waals surface area contributed by atoms with Gasteiger partial charge in [-0.05, 0) is 81.4 Å². The van der Waals surface area contributed by atoms with Crippen LogP contribution in [0.2, 0.25) is 0 Å². The lowest BCUT2D eigenvalue weighted by molar-refractivity contribution is 0.669. The molecule has 236 valence electrons. The maximum Gasteiger partial charge on any atom is 0.137 e. The van der Waals surface area contributed by atoms with Gasteiger partial charge in [0.05, 0.1) is 5.69 Å². The van der Waals surface area contributed by atoms with E-state index in [-0.39, 0.29) is 0 Å². The summed E-state index contributed by atoms with van der Waals surface area (Å²) in [5.74, 6) is 0. The summed E-state index contributed by atoms with van der Waals surface area (Å²) in [5, 5.41) is 2.24. The average Bonchev–Trinajstić information content (AvgIpc) is 3.57. The van der Waals surface area contributed by atoms with Crippen molar-refractivity contribution in [1.29, 1.82) is 0 Å². The first-order valence-corrected chi connectivity index (χ1v) is 17.0. The van der Waals surface area contributed by atoms with Gasteiger partial charge < -0.3 is 9.32 Å². The zero-order valence-corrected chi connectivity index (χ0v) is 27.4. The van der Waals surface area contributed by atoms with Gasteiger partial charge in [0.1, 0.15) is 11.2 Å². The Bertz CT molecular complexity index is 2570. The standard InChI is InChI=1S/C48H33NO/c1-4-14-34(15-5-1)35-24-27-39(28-25-35)49(40-29-30-44-43-22-12-13-23-47(43)50-48(44)33-40)46-31-26-38(32-45(46)37-18-8-3-9-19-37)42-21-11-10-20-41(42)36-16-6-2-7-17-36/h1-33H. The molecule has 0 spiro atoms. The van der Waals surface area contributed by atoms with Gasteiger partial charge in [0.25, 0.3) is 0 Å². The minimum atomic E-state index is 0.865. The minimum Gasteiger partial charge on any atom is -0.456 e. The van der Waals surface area contributed by atoms with Crippen LogP contribution in [0.4, 0.5) is 17.1 Å². The highest BCUT2D eigenvalue weighted by atomic mass is 16.3. The molecule has 0 bridgehead atoms. The molecule has 50 heavy (non-hydrogen) atoms. The van der Waals surface area contributed by atoms with Crippen molar-refractivity contribution in [2.75, 3.05) is 4.90 Å². The normalized spacial score (nSPS) is 11.2. The van der Waals surface area contributed by atoms with E-state index in [1.165, 1.54) is 33.4 Å². The van der Waals surface area contributed by atoms with Crippen LogP contribution in [0, 0.1) is 0 Å². The summed E-state index contributed by atoms with van der Waals surface area (Å²) in [4.78, 5) is 2.36. The smallest absolute Gasteiger partial charge is 0.137 e. The number of benzene rings is 8. The van der Waals surface area contributed by atoms with Crippen LogP contribution >= 0.6 is 0 Å². The summed E-state index contributed by atoms with van der Waals surface area (Å²) in [7, 11) is 0. The van der Waals surface area contributed by atoms with Crippen LogP contribution in [0.25, 0.3) is 66.4 Å². The van der Waals surface area contributed by atoms with Crippen molar-refractivity contribution in [1.82, 2.24) is 0 Å². The van der Waals surface area contributed by atoms with Crippen LogP contribution in [0.5, 0.6) is 0 Å². The molecule has 0 amide bonds. The van der Waals surface area contributed by atoms with E-state index in [4.69, 9.17) is 4.42 Å². The molecule has 8 aromatic carbocycles. The third-order valence-corrected chi connectivity index (χ3v) is 9.50. The van der Waals surface area contributed by atoms with Crippen molar-refractivity contribution in [3.8, 4) is 44.5 Å². The molecule has 9 rings (SSSR count). The van der Waals surface area contributed by atoms with Gasteiger partial charge in [-0.15, -0.1) is 0 Å². The van der Waals surface area contributed by atoms with Gasteiger partial charge in [0.15, 0.2) is 0 Å². The van der Waals surface area contributed by atoms with Crippen LogP contribution < -0.4 is 4.90 Å². The molecule has 1 aromatic heterocycles. The van der Waals surface area contributed by atoms with Gasteiger partial charge in [-0.3, -0.25) is 0 Å². The van der Waals surface area contributed by atoms with Crippen LogP contribution in [-0.2, 0) is 0 Å². The predicted molar refractivity (Wildman–Crippen MR) is 210 cm³/mol. The second kappa shape index (κ2) is 12.8. The first-order valence-electron chi connectivity index (χ1n) is 17.0. The van der Waals surface area contributed by atoms with Gasteiger partial charge in [-0.2, -0.15) is 0 Å². The Hall–Kier alpha value is -6.64. The van der Waals surface area contributed by atoms with Gasteiger partial charge in [0, 0.05) is 33.8 Å². The second-order valence-electron chi connectivity index (χ2n) is 12.5. The molecule has 9 aromatic rings. The highest BCUT2D eigenvalue weighted by Gasteiger charge is 2.20. The monoisotopic (exact) mass is 639 g/mol. The first kappa shape index (κ1) is 29.5. The number of furan rings is 1. The molecule has 0 radical (unpaired) electrons. The highest BCUT2D eigenvalue weighted by molar-refractivity contribution is 6.06. The van der Waals surface area contributed by atoms with Gasteiger partial charge >= 0.3 is 0 Å². The van der Waals surface area contributed by atoms with E-state index in [1.807, 2.05) is 12.1 Å². The fourth-order valence-corrected chi connectivity index (χ4v) is 7.07. The molecular weight excluding hydrogens is 607 g/mol. The Labute approximate surface area is 292 Å². The minimum absolute atomic E-state index is 0.865. The van der Waals surface area contributed by atoms with Crippen molar-refractivity contribution < 1.29 is 4.42 Å². The van der Waals surface area contributed by atoms with Gasteiger partial charge in [0.2, 0.25) is 0 Å². The predicted octanol–water partition coefficient (Wildman–Crippen LogP) is 13.7. The SMILES string of the molecule is c1ccc(-c2ccc(N(c3ccc4c(c3)oc3ccccc34)c3ccc(-c4ccccc4-c4ccccc4)cc3-c3ccccc3)cc2)cc1. The van der Waals surface area contributed by atoms with Crippen LogP contribution in [0.3, 0.4) is 0 Å². The largest absolute Gasteiger partial charge is 0.456 e. The van der Waals surface area contributed by atoms with Crippen molar-refractivity contribution in [2.45, 2.75) is 0 Å². The molecule has 0 saturated heterocycles. The van der Waals surface area contributed by atoms with Crippen LogP contribution in [0.15, 0.2) is 205 Å². The second-order valence-corrected chi connectivity index (χ2v) is 12.5. The Balaban J connectivity index is 1.25. The molecule has 0 atom stereocenters. The number of para-hydroxylation sites is 1. The molecule has 1 heterocycles. The van der Waals surface area contributed by atoms with Crippen LogP contribution in [-0.4, -0.2) is 0 Å². The fourth-order valence-electron chi connectivity index (χ4n) is 7.07. The molecule has 2 heteroatoms. The van der Waals surface area contributed by atoms with Crippen molar-refractivity contribution in [3.63, 3.8) is 0 Å². The summed E-state index contributed by atoms with van der Waals surface area (Å²) in [5.41, 5.74) is 14.4. The number of fused-ring (bicyclic) bond motifs is 3. The highest BCUT2D eigenvalue weighted by Crippen LogP contribution is 2.45. The zero-order valence-electron chi connectivity index (χ0n) is 27.4. The zero-order chi connectivity index (χ0) is 33.3. The Morgan fingerprint density at radius 2 is 0.800 bits per heavy atom. The Morgan fingerprint density at radius 1 is 0.300 bits per heavy atom. The summed E-state index contributed by atoms with van der Waals surface area (Å²) < 4.78 is 6.41. The Morgan fingerprint density at radius 3 is 1.50 bits per heavy atom. The lowest BCUT2D eigenvalue weighted by Crippen LogP contribution is -2.11. The molecule has 2 nitrogen and oxygen atoms in total. The van der Waals surface area contributed by atoms with Crippen LogP contribution in [0.1, 0.15) is 0 Å². The molecular formula is C48H33NO. The number of rotatable bonds is 7. The first-order chi connectivity index (χ1) is 24.8. The summed E-state index contributed by atoms with van der Waals surface area (Å²) in [6, 6.07) is 71.1. The summed E-state index contributed by atoms with van der Waals surface area (Å²) >= 11 is 0. The molecule has 0 unspecified atom stereocenters. The van der Waals surface area contributed by atoms with Gasteiger partial charge in [-0.1, -0.05) is 152 Å². The van der Waals surface area contributed by atoms with E-state index in [0.717, 1.165) is 50.1 Å². The van der Waals surface area contributed by atoms with Gasteiger partial charge in [-0.25, -0.2) is 0 Å². The topological polar surface area (TPSA) is 16.4 Å². The Kier molecular flexibility index (Phi) is 7.53. The summed E-state index contributed by atoms with van der Waals surface area (Å²) in [6.07, 6.45) is 0. The number of hydrogen-bond acceptors (Lipinski definition) is 2. The maximum atomic E-state index is 6.41. The number of hydrogen-bond donors (Lipinski definition) is 0. The third kappa shape index (κ3) is 5.43. The van der Waals surface area contributed by atoms with Crippen molar-refractivity contribution >= 4 is 39.0 Å². The quantitative estimate of drug-likeness (QED) is 0.173. The molecule has 0 saturated carbocycles. The average molecular weight is 640 g/mol. The third-order valence-electron chi connectivity index (χ3n) is 9.50. The fraction of sp³-hybridized carbons (Fsp3) is 0. The molecule has 0 aliphatic carbocycles. The van der Waals surface area contributed by atoms with E-state index < -0.39 is 0 Å². The molecule has 0 aliphatic rings. The lowest BCUT2D eigenvalue weighted by Gasteiger charge is -2.28. The molecule has 0 fully saturated rings. The number of nitrogens with zero attached hydrogens (tertiary/aromatic N) is 1. The molecule has 0 aliphatic heterocycles. The van der Waals surface area contributed by atoms with E-state index in [2.05, 4.69) is 193 Å². The van der Waals surface area contributed by atoms with E-state index in [0.29, 0.717) is 0 Å². The van der Waals surface area contributed by atoms with E-state index >= 15 is 0 Å². The lowest BCUT2D eigenvalue weighted by atomic mass is 9.91.